The zero-order chi connectivity index (χ0) is 21.1. The van der Waals surface area contributed by atoms with E-state index in [4.69, 9.17) is 13.9 Å². The number of benzene rings is 3. The molecular formula is C24H19NO5. The summed E-state index contributed by atoms with van der Waals surface area (Å²) in [5.74, 6) is 1.47. The van der Waals surface area contributed by atoms with Crippen LogP contribution in [0.4, 0.5) is 5.69 Å². The fraction of sp³-hybridized carbons (Fsp3) is 0.0833. The van der Waals surface area contributed by atoms with E-state index in [9.17, 15) is 9.59 Å². The van der Waals surface area contributed by atoms with Crippen LogP contribution in [0.5, 0.6) is 11.5 Å². The topological polar surface area (TPSA) is 77.8 Å². The molecule has 1 heterocycles. The second-order valence-electron chi connectivity index (χ2n) is 6.60. The normalized spacial score (nSPS) is 10.6. The summed E-state index contributed by atoms with van der Waals surface area (Å²) in [6, 6.07) is 20.5. The quantitative estimate of drug-likeness (QED) is 0.523. The van der Waals surface area contributed by atoms with Crippen molar-refractivity contribution in [2.75, 3.05) is 19.5 Å². The van der Waals surface area contributed by atoms with E-state index in [1.807, 2.05) is 12.1 Å². The summed E-state index contributed by atoms with van der Waals surface area (Å²) in [7, 11) is 3.13. The summed E-state index contributed by atoms with van der Waals surface area (Å²) in [4.78, 5) is 25.2. The largest absolute Gasteiger partial charge is 0.497 e. The van der Waals surface area contributed by atoms with Gasteiger partial charge >= 0.3 is 0 Å². The van der Waals surface area contributed by atoms with Crippen molar-refractivity contribution >= 4 is 22.6 Å². The molecule has 4 aromatic rings. The van der Waals surface area contributed by atoms with E-state index in [1.54, 1.807) is 68.8 Å². The maximum Gasteiger partial charge on any atom is 0.255 e. The third-order valence-electron chi connectivity index (χ3n) is 4.69. The Morgan fingerprint density at radius 2 is 1.63 bits per heavy atom. The summed E-state index contributed by atoms with van der Waals surface area (Å²) in [6.07, 6.45) is 0. The summed E-state index contributed by atoms with van der Waals surface area (Å²) < 4.78 is 16.2. The molecule has 1 amide bonds. The van der Waals surface area contributed by atoms with Crippen molar-refractivity contribution in [2.45, 2.75) is 0 Å². The van der Waals surface area contributed by atoms with Gasteiger partial charge in [0.25, 0.3) is 5.91 Å². The smallest absolute Gasteiger partial charge is 0.255 e. The highest BCUT2D eigenvalue weighted by molar-refractivity contribution is 6.05. The molecule has 30 heavy (non-hydrogen) atoms. The predicted molar refractivity (Wildman–Crippen MR) is 115 cm³/mol. The van der Waals surface area contributed by atoms with Crippen LogP contribution in [0.2, 0.25) is 0 Å². The van der Waals surface area contributed by atoms with Crippen LogP contribution in [0.3, 0.4) is 0 Å². The van der Waals surface area contributed by atoms with Gasteiger partial charge in [-0.1, -0.05) is 6.07 Å². The van der Waals surface area contributed by atoms with Crippen molar-refractivity contribution < 1.29 is 18.7 Å². The Balaban J connectivity index is 1.63. The summed E-state index contributed by atoms with van der Waals surface area (Å²) in [6.45, 7) is 0. The van der Waals surface area contributed by atoms with Gasteiger partial charge < -0.3 is 19.2 Å². The summed E-state index contributed by atoms with van der Waals surface area (Å²) in [5.41, 5.74) is 1.97. The molecular weight excluding hydrogens is 382 g/mol. The Morgan fingerprint density at radius 1 is 0.867 bits per heavy atom. The zero-order valence-electron chi connectivity index (χ0n) is 16.5. The van der Waals surface area contributed by atoms with Crippen LogP contribution in [0.25, 0.3) is 22.3 Å². The van der Waals surface area contributed by atoms with Gasteiger partial charge in [-0.2, -0.15) is 0 Å². The molecule has 3 aromatic carbocycles. The average Bonchev–Trinajstić information content (AvgIpc) is 2.79. The van der Waals surface area contributed by atoms with Crippen LogP contribution < -0.4 is 20.2 Å². The number of hydrogen-bond donors (Lipinski definition) is 1. The molecule has 0 spiro atoms. The van der Waals surface area contributed by atoms with Gasteiger partial charge in [0.1, 0.15) is 22.8 Å². The van der Waals surface area contributed by atoms with Gasteiger partial charge in [-0.05, 0) is 60.7 Å². The number of rotatable bonds is 5. The van der Waals surface area contributed by atoms with E-state index in [2.05, 4.69) is 5.32 Å². The number of hydrogen-bond acceptors (Lipinski definition) is 5. The molecule has 4 rings (SSSR count). The first-order valence-electron chi connectivity index (χ1n) is 9.25. The SMILES string of the molecule is COc1ccc(-c2cc(=O)c3cc(NC(=O)c4cccc(OC)c4)ccc3o2)cc1. The zero-order valence-corrected chi connectivity index (χ0v) is 16.5. The molecule has 0 aliphatic rings. The summed E-state index contributed by atoms with van der Waals surface area (Å²) >= 11 is 0. The highest BCUT2D eigenvalue weighted by Gasteiger charge is 2.11. The lowest BCUT2D eigenvalue weighted by molar-refractivity contribution is 0.102. The first-order chi connectivity index (χ1) is 14.6. The van der Waals surface area contributed by atoms with Crippen LogP contribution in [-0.2, 0) is 0 Å². The van der Waals surface area contributed by atoms with Gasteiger partial charge in [0.15, 0.2) is 5.43 Å². The Bertz CT molecular complexity index is 1280. The van der Waals surface area contributed by atoms with Crippen LogP contribution in [0, 0.1) is 0 Å². The second kappa shape index (κ2) is 8.13. The molecule has 6 heteroatoms. The minimum absolute atomic E-state index is 0.195. The van der Waals surface area contributed by atoms with Crippen molar-refractivity contribution in [3.63, 3.8) is 0 Å². The lowest BCUT2D eigenvalue weighted by Gasteiger charge is -2.08. The number of carbonyl (C=O) groups is 1. The Hall–Kier alpha value is -4.06. The van der Waals surface area contributed by atoms with Crippen LogP contribution in [0.15, 0.2) is 82.0 Å². The molecule has 0 bridgehead atoms. The van der Waals surface area contributed by atoms with E-state index < -0.39 is 0 Å². The van der Waals surface area contributed by atoms with E-state index in [0.29, 0.717) is 33.7 Å². The van der Waals surface area contributed by atoms with Gasteiger partial charge in [-0.25, -0.2) is 0 Å². The average molecular weight is 401 g/mol. The molecule has 0 unspecified atom stereocenters. The van der Waals surface area contributed by atoms with Crippen LogP contribution >= 0.6 is 0 Å². The minimum atomic E-state index is -0.299. The number of nitrogens with one attached hydrogen (secondary N) is 1. The third kappa shape index (κ3) is 3.89. The van der Waals surface area contributed by atoms with Crippen molar-refractivity contribution in [1.82, 2.24) is 0 Å². The van der Waals surface area contributed by atoms with Crippen molar-refractivity contribution in [2.24, 2.45) is 0 Å². The Labute approximate surface area is 172 Å². The highest BCUT2D eigenvalue weighted by atomic mass is 16.5. The number of ether oxygens (including phenoxy) is 2. The number of amides is 1. The van der Waals surface area contributed by atoms with Crippen molar-refractivity contribution in [1.29, 1.82) is 0 Å². The number of fused-ring (bicyclic) bond motifs is 1. The molecule has 0 saturated heterocycles. The minimum Gasteiger partial charge on any atom is -0.497 e. The maximum absolute atomic E-state index is 12.7. The number of carbonyl (C=O) groups excluding carboxylic acids is 1. The first kappa shape index (κ1) is 19.3. The molecule has 1 N–H and O–H groups in total. The lowest BCUT2D eigenvalue weighted by atomic mass is 10.1. The second-order valence-corrected chi connectivity index (χ2v) is 6.60. The van der Waals surface area contributed by atoms with E-state index in [-0.39, 0.29) is 11.3 Å². The molecule has 0 fully saturated rings. The fourth-order valence-electron chi connectivity index (χ4n) is 3.10. The fourth-order valence-corrected chi connectivity index (χ4v) is 3.10. The van der Waals surface area contributed by atoms with Crippen LogP contribution in [-0.4, -0.2) is 20.1 Å². The Morgan fingerprint density at radius 3 is 2.37 bits per heavy atom. The van der Waals surface area contributed by atoms with E-state index in [0.717, 1.165) is 11.3 Å². The van der Waals surface area contributed by atoms with Crippen molar-refractivity contribution in [3.05, 3.63) is 88.6 Å². The summed E-state index contributed by atoms with van der Waals surface area (Å²) in [5, 5.41) is 3.18. The Kier molecular flexibility index (Phi) is 5.22. The molecule has 6 nitrogen and oxygen atoms in total. The van der Waals surface area contributed by atoms with Crippen molar-refractivity contribution in [3.8, 4) is 22.8 Å². The molecule has 0 radical (unpaired) electrons. The van der Waals surface area contributed by atoms with E-state index in [1.165, 1.54) is 6.07 Å². The van der Waals surface area contributed by atoms with Crippen LogP contribution in [0.1, 0.15) is 10.4 Å². The highest BCUT2D eigenvalue weighted by Crippen LogP contribution is 2.26. The van der Waals surface area contributed by atoms with Gasteiger partial charge in [0.2, 0.25) is 0 Å². The monoisotopic (exact) mass is 401 g/mol. The van der Waals surface area contributed by atoms with E-state index >= 15 is 0 Å². The first-order valence-corrected chi connectivity index (χ1v) is 9.25. The molecule has 1 aromatic heterocycles. The lowest BCUT2D eigenvalue weighted by Crippen LogP contribution is -2.12. The van der Waals surface area contributed by atoms with Gasteiger partial charge in [-0.15, -0.1) is 0 Å². The molecule has 0 atom stereocenters. The van der Waals surface area contributed by atoms with Gasteiger partial charge in [-0.3, -0.25) is 9.59 Å². The molecule has 0 aliphatic carbocycles. The third-order valence-corrected chi connectivity index (χ3v) is 4.69. The number of methoxy groups -OCH3 is 2. The predicted octanol–water partition coefficient (Wildman–Crippen LogP) is 4.73. The van der Waals surface area contributed by atoms with Gasteiger partial charge in [0, 0.05) is 22.9 Å². The maximum atomic E-state index is 12.7. The van der Waals surface area contributed by atoms with Gasteiger partial charge in [0.05, 0.1) is 19.6 Å². The molecule has 0 saturated carbocycles. The molecule has 0 aliphatic heterocycles. The standard InChI is InChI=1S/C24H19NO5/c1-28-18-9-6-15(7-10-18)23-14-21(26)20-13-17(8-11-22(20)30-23)25-24(27)16-4-3-5-19(12-16)29-2/h3-14H,1-2H3,(H,25,27). The molecule has 150 valence electrons. The number of anilines is 1.